The van der Waals surface area contributed by atoms with E-state index in [-0.39, 0.29) is 0 Å². The Morgan fingerprint density at radius 3 is 3.00 bits per heavy atom. The molecule has 98 valence electrons. The lowest BCUT2D eigenvalue weighted by atomic mass is 10.2. The number of aromatic nitrogens is 2. The second-order valence-corrected chi connectivity index (χ2v) is 4.26. The molecule has 0 aromatic carbocycles. The highest BCUT2D eigenvalue weighted by molar-refractivity contribution is 5.09. The molecule has 0 radical (unpaired) electrons. The van der Waals surface area contributed by atoms with Crippen LogP contribution in [0, 0.1) is 0 Å². The summed E-state index contributed by atoms with van der Waals surface area (Å²) in [5.41, 5.74) is 1.26. The van der Waals surface area contributed by atoms with Gasteiger partial charge in [0.05, 0.1) is 6.20 Å². The van der Waals surface area contributed by atoms with Crippen LogP contribution in [-0.2, 0) is 11.3 Å². The summed E-state index contributed by atoms with van der Waals surface area (Å²) in [5.74, 6) is 0. The first-order valence-corrected chi connectivity index (χ1v) is 6.61. The smallest absolute Gasteiger partial charge is 0.0537 e. The average Bonchev–Trinajstić information content (AvgIpc) is 2.80. The molecular formula is C13H25N3O. The zero-order valence-corrected chi connectivity index (χ0v) is 11.3. The van der Waals surface area contributed by atoms with Crippen LogP contribution in [0.15, 0.2) is 12.4 Å². The van der Waals surface area contributed by atoms with Crippen molar-refractivity contribution in [1.29, 1.82) is 0 Å². The molecule has 0 saturated carbocycles. The molecule has 1 aromatic heterocycles. The molecule has 1 atom stereocenters. The van der Waals surface area contributed by atoms with E-state index < -0.39 is 0 Å². The van der Waals surface area contributed by atoms with Gasteiger partial charge in [0.15, 0.2) is 0 Å². The molecule has 0 spiro atoms. The molecule has 4 nitrogen and oxygen atoms in total. The minimum Gasteiger partial charge on any atom is -0.382 e. The minimum absolute atomic E-state index is 0.385. The van der Waals surface area contributed by atoms with Crippen molar-refractivity contribution in [2.45, 2.75) is 46.2 Å². The first-order valence-electron chi connectivity index (χ1n) is 6.61. The average molecular weight is 239 g/mol. The van der Waals surface area contributed by atoms with Gasteiger partial charge >= 0.3 is 0 Å². The fourth-order valence-corrected chi connectivity index (χ4v) is 1.68. The van der Waals surface area contributed by atoms with Crippen molar-refractivity contribution in [2.75, 3.05) is 19.8 Å². The van der Waals surface area contributed by atoms with E-state index in [1.54, 1.807) is 0 Å². The van der Waals surface area contributed by atoms with Crippen LogP contribution in [0.1, 0.15) is 45.2 Å². The molecule has 0 fully saturated rings. The molecule has 1 heterocycles. The summed E-state index contributed by atoms with van der Waals surface area (Å²) in [5, 5.41) is 7.82. The van der Waals surface area contributed by atoms with Gasteiger partial charge in [0, 0.05) is 37.6 Å². The lowest BCUT2D eigenvalue weighted by Crippen LogP contribution is -2.18. The van der Waals surface area contributed by atoms with Crippen LogP contribution < -0.4 is 5.32 Å². The quantitative estimate of drug-likeness (QED) is 0.672. The monoisotopic (exact) mass is 239 g/mol. The van der Waals surface area contributed by atoms with E-state index in [1.165, 1.54) is 5.56 Å². The van der Waals surface area contributed by atoms with Crippen molar-refractivity contribution in [2.24, 2.45) is 0 Å². The van der Waals surface area contributed by atoms with Gasteiger partial charge in [0.25, 0.3) is 0 Å². The fourth-order valence-electron chi connectivity index (χ4n) is 1.68. The molecule has 1 rings (SSSR count). The third-order valence-corrected chi connectivity index (χ3v) is 2.73. The van der Waals surface area contributed by atoms with Crippen LogP contribution in [0.2, 0.25) is 0 Å². The molecule has 4 heteroatoms. The largest absolute Gasteiger partial charge is 0.382 e. The first-order chi connectivity index (χ1) is 8.27. The van der Waals surface area contributed by atoms with Crippen LogP contribution in [0.5, 0.6) is 0 Å². The summed E-state index contributed by atoms with van der Waals surface area (Å²) in [4.78, 5) is 0. The predicted octanol–water partition coefficient (Wildman–Crippen LogP) is 2.37. The normalized spacial score (nSPS) is 12.9. The van der Waals surface area contributed by atoms with Crippen LogP contribution >= 0.6 is 0 Å². The third kappa shape index (κ3) is 5.33. The van der Waals surface area contributed by atoms with E-state index in [4.69, 9.17) is 4.74 Å². The highest BCUT2D eigenvalue weighted by atomic mass is 16.5. The van der Waals surface area contributed by atoms with E-state index in [1.807, 2.05) is 17.8 Å². The number of nitrogens with one attached hydrogen (secondary N) is 1. The van der Waals surface area contributed by atoms with Gasteiger partial charge in [-0.2, -0.15) is 5.10 Å². The lowest BCUT2D eigenvalue weighted by molar-refractivity contribution is 0.141. The zero-order chi connectivity index (χ0) is 12.5. The van der Waals surface area contributed by atoms with Gasteiger partial charge in [0.2, 0.25) is 0 Å². The number of hydrogen-bond acceptors (Lipinski definition) is 3. The predicted molar refractivity (Wildman–Crippen MR) is 70.0 cm³/mol. The van der Waals surface area contributed by atoms with Gasteiger partial charge in [-0.3, -0.25) is 4.68 Å². The van der Waals surface area contributed by atoms with Crippen LogP contribution in [-0.4, -0.2) is 29.5 Å². The zero-order valence-electron chi connectivity index (χ0n) is 11.3. The van der Waals surface area contributed by atoms with Crippen LogP contribution in [0.3, 0.4) is 0 Å². The van der Waals surface area contributed by atoms with Crippen molar-refractivity contribution < 1.29 is 4.74 Å². The van der Waals surface area contributed by atoms with Crippen molar-refractivity contribution >= 4 is 0 Å². The number of nitrogens with zero attached hydrogens (tertiary/aromatic N) is 2. The molecule has 0 saturated heterocycles. The van der Waals surface area contributed by atoms with E-state index >= 15 is 0 Å². The van der Waals surface area contributed by atoms with E-state index in [2.05, 4.69) is 30.5 Å². The topological polar surface area (TPSA) is 39.1 Å². The molecule has 0 bridgehead atoms. The maximum absolute atomic E-state index is 5.31. The molecule has 1 N–H and O–H groups in total. The van der Waals surface area contributed by atoms with Gasteiger partial charge in [0.1, 0.15) is 0 Å². The third-order valence-electron chi connectivity index (χ3n) is 2.73. The van der Waals surface area contributed by atoms with Crippen molar-refractivity contribution in [3.05, 3.63) is 18.0 Å². The maximum atomic E-state index is 5.31. The first kappa shape index (κ1) is 14.2. The SMILES string of the molecule is CCCNC(C)c1cnn(CCCOCC)c1. The molecule has 17 heavy (non-hydrogen) atoms. The van der Waals surface area contributed by atoms with Gasteiger partial charge in [-0.15, -0.1) is 0 Å². The number of hydrogen-bond donors (Lipinski definition) is 1. The van der Waals surface area contributed by atoms with Gasteiger partial charge < -0.3 is 10.1 Å². The van der Waals surface area contributed by atoms with Gasteiger partial charge in [-0.05, 0) is 33.2 Å². The fraction of sp³-hybridized carbons (Fsp3) is 0.769. The molecule has 1 aromatic rings. The lowest BCUT2D eigenvalue weighted by Gasteiger charge is -2.10. The Hall–Kier alpha value is -0.870. The Balaban J connectivity index is 2.31. The second-order valence-electron chi connectivity index (χ2n) is 4.26. The van der Waals surface area contributed by atoms with E-state index in [0.717, 1.165) is 39.1 Å². The Bertz CT molecular complexity index is 299. The molecule has 0 aliphatic rings. The molecular weight excluding hydrogens is 214 g/mol. The van der Waals surface area contributed by atoms with Gasteiger partial charge in [-0.25, -0.2) is 0 Å². The number of rotatable bonds is 9. The van der Waals surface area contributed by atoms with Crippen molar-refractivity contribution in [3.63, 3.8) is 0 Å². The Labute approximate surface area is 104 Å². The summed E-state index contributed by atoms with van der Waals surface area (Å²) in [6, 6.07) is 0.385. The molecule has 0 aliphatic heterocycles. The highest BCUT2D eigenvalue weighted by Crippen LogP contribution is 2.10. The molecule has 0 amide bonds. The van der Waals surface area contributed by atoms with E-state index in [9.17, 15) is 0 Å². The van der Waals surface area contributed by atoms with Crippen LogP contribution in [0.4, 0.5) is 0 Å². The molecule has 0 aliphatic carbocycles. The van der Waals surface area contributed by atoms with E-state index in [0.29, 0.717) is 6.04 Å². The summed E-state index contributed by atoms with van der Waals surface area (Å²) >= 11 is 0. The second kappa shape index (κ2) is 8.25. The highest BCUT2D eigenvalue weighted by Gasteiger charge is 2.06. The van der Waals surface area contributed by atoms with Gasteiger partial charge in [-0.1, -0.05) is 6.92 Å². The number of aryl methyl sites for hydroxylation is 1. The standard InChI is InChI=1S/C13H25N3O/c1-4-7-14-12(3)13-10-15-16(11-13)8-6-9-17-5-2/h10-12,14H,4-9H2,1-3H3. The Morgan fingerprint density at radius 2 is 2.29 bits per heavy atom. The van der Waals surface area contributed by atoms with Crippen LogP contribution in [0.25, 0.3) is 0 Å². The summed E-state index contributed by atoms with van der Waals surface area (Å²) in [6.45, 7) is 9.97. The minimum atomic E-state index is 0.385. The molecule has 1 unspecified atom stereocenters. The number of ether oxygens (including phenoxy) is 1. The summed E-state index contributed by atoms with van der Waals surface area (Å²) in [6.07, 6.45) is 6.26. The van der Waals surface area contributed by atoms with Crippen molar-refractivity contribution in [1.82, 2.24) is 15.1 Å². The Morgan fingerprint density at radius 1 is 1.47 bits per heavy atom. The summed E-state index contributed by atoms with van der Waals surface area (Å²) in [7, 11) is 0. The van der Waals surface area contributed by atoms with Crippen molar-refractivity contribution in [3.8, 4) is 0 Å². The maximum Gasteiger partial charge on any atom is 0.0537 e. The summed E-state index contributed by atoms with van der Waals surface area (Å²) < 4.78 is 7.31. The Kier molecular flexibility index (Phi) is 6.89.